The fourth-order valence-corrected chi connectivity index (χ4v) is 6.41. The maximum absolute atomic E-state index is 12.1. The van der Waals surface area contributed by atoms with Crippen LogP contribution in [0.4, 0.5) is 5.69 Å². The van der Waals surface area contributed by atoms with E-state index in [4.69, 9.17) is 0 Å². The summed E-state index contributed by atoms with van der Waals surface area (Å²) in [5.74, 6) is 0.420. The van der Waals surface area contributed by atoms with E-state index < -0.39 is 0 Å². The number of hydrogen-bond acceptors (Lipinski definition) is 3. The largest absolute Gasteiger partial charge is 0.507 e. The molecule has 0 radical (unpaired) electrons. The second kappa shape index (κ2) is 9.00. The minimum absolute atomic E-state index is 0.0116. The van der Waals surface area contributed by atoms with Crippen LogP contribution in [0.5, 0.6) is 5.75 Å². The van der Waals surface area contributed by atoms with Crippen molar-refractivity contribution in [3.63, 3.8) is 0 Å². The predicted molar refractivity (Wildman–Crippen MR) is 133 cm³/mol. The van der Waals surface area contributed by atoms with E-state index in [9.17, 15) is 10.0 Å². The molecule has 3 heteroatoms. The molecule has 32 heavy (non-hydrogen) atoms. The van der Waals surface area contributed by atoms with Gasteiger partial charge in [-0.15, -0.1) is 4.91 Å². The second-order valence-electron chi connectivity index (χ2n) is 11.2. The molecule has 0 aromatic heterocycles. The highest BCUT2D eigenvalue weighted by Gasteiger charge is 2.34. The van der Waals surface area contributed by atoms with Crippen LogP contribution in [0.3, 0.4) is 0 Å². The summed E-state index contributed by atoms with van der Waals surface area (Å²) in [6.07, 6.45) is 12.4. The van der Waals surface area contributed by atoms with Gasteiger partial charge in [0.25, 0.3) is 0 Å². The average Bonchev–Trinajstić information content (AvgIpc) is 2.76. The van der Waals surface area contributed by atoms with Crippen LogP contribution in [-0.4, -0.2) is 5.11 Å². The Morgan fingerprint density at radius 1 is 0.750 bits per heavy atom. The molecule has 0 saturated heterocycles. The van der Waals surface area contributed by atoms with E-state index >= 15 is 0 Å². The summed E-state index contributed by atoms with van der Waals surface area (Å²) in [5.41, 5.74) is 7.04. The molecule has 0 amide bonds. The lowest BCUT2D eigenvalue weighted by atomic mass is 9.69. The van der Waals surface area contributed by atoms with Crippen molar-refractivity contribution in [2.24, 2.45) is 5.18 Å². The van der Waals surface area contributed by atoms with E-state index in [2.05, 4.69) is 57.1 Å². The van der Waals surface area contributed by atoms with E-state index in [1.165, 1.54) is 49.7 Å². The number of hydrogen-bond donors (Lipinski definition) is 1. The first-order chi connectivity index (χ1) is 15.3. The third-order valence-corrected chi connectivity index (χ3v) is 8.35. The van der Waals surface area contributed by atoms with Crippen LogP contribution in [-0.2, 0) is 17.3 Å². The molecule has 172 valence electrons. The molecule has 2 fully saturated rings. The van der Waals surface area contributed by atoms with Crippen molar-refractivity contribution in [3.05, 3.63) is 62.6 Å². The molecule has 0 heterocycles. The van der Waals surface area contributed by atoms with Gasteiger partial charge >= 0.3 is 0 Å². The molecular weight excluding hydrogens is 394 g/mol. The first-order valence-corrected chi connectivity index (χ1v) is 12.6. The number of phenolic OH excluding ortho intramolecular Hbond substituents is 1. The molecule has 0 aliphatic heterocycles. The quantitative estimate of drug-likeness (QED) is 0.481. The Morgan fingerprint density at radius 3 is 1.75 bits per heavy atom. The molecular formula is C29H39NO2. The van der Waals surface area contributed by atoms with E-state index in [0.29, 0.717) is 17.9 Å². The highest BCUT2D eigenvalue weighted by Crippen LogP contribution is 2.47. The molecule has 2 aromatic rings. The third-order valence-electron chi connectivity index (χ3n) is 8.35. The van der Waals surface area contributed by atoms with Crippen molar-refractivity contribution in [1.82, 2.24) is 0 Å². The average molecular weight is 434 g/mol. The molecule has 0 bridgehead atoms. The summed E-state index contributed by atoms with van der Waals surface area (Å²) in [7, 11) is 0. The smallest absolute Gasteiger partial charge is 0.122 e. The fourth-order valence-electron chi connectivity index (χ4n) is 6.41. The highest BCUT2D eigenvalue weighted by molar-refractivity contribution is 5.60. The van der Waals surface area contributed by atoms with Crippen molar-refractivity contribution in [1.29, 1.82) is 0 Å². The number of phenols is 1. The Labute approximate surface area is 193 Å². The van der Waals surface area contributed by atoms with Crippen molar-refractivity contribution in [2.45, 2.75) is 109 Å². The van der Waals surface area contributed by atoms with Gasteiger partial charge in [-0.3, -0.25) is 0 Å². The second-order valence-corrected chi connectivity index (χ2v) is 11.2. The summed E-state index contributed by atoms with van der Waals surface area (Å²) in [4.78, 5) is 12.1. The molecule has 0 unspecified atom stereocenters. The van der Waals surface area contributed by atoms with E-state index in [0.717, 1.165) is 47.9 Å². The topological polar surface area (TPSA) is 49.7 Å². The van der Waals surface area contributed by atoms with E-state index in [1.807, 2.05) is 0 Å². The van der Waals surface area contributed by atoms with Crippen LogP contribution in [0, 0.1) is 18.8 Å². The van der Waals surface area contributed by atoms with Crippen molar-refractivity contribution in [3.8, 4) is 5.75 Å². The van der Waals surface area contributed by atoms with E-state index in [-0.39, 0.29) is 10.8 Å². The lowest BCUT2D eigenvalue weighted by Crippen LogP contribution is -2.26. The molecule has 2 aliphatic rings. The number of nitroso groups, excluding NO2 is 1. The highest BCUT2D eigenvalue weighted by atomic mass is 16.3. The molecule has 0 spiro atoms. The SMILES string of the molecule is Cc1cc(Cc2cc(C)cc(C3(C)CCCCC3)c2N=O)c(O)c(C2(C)CCCCC2)c1. The van der Waals surface area contributed by atoms with Crippen LogP contribution in [0.25, 0.3) is 0 Å². The summed E-state index contributed by atoms with van der Waals surface area (Å²) >= 11 is 0. The first-order valence-electron chi connectivity index (χ1n) is 12.6. The predicted octanol–water partition coefficient (Wildman–Crippen LogP) is 8.44. The first kappa shape index (κ1) is 23.0. The van der Waals surface area contributed by atoms with Gasteiger partial charge in [0.05, 0.1) is 0 Å². The van der Waals surface area contributed by atoms with Gasteiger partial charge in [0, 0.05) is 12.0 Å². The molecule has 4 rings (SSSR count). The van der Waals surface area contributed by atoms with Crippen molar-refractivity contribution in [2.75, 3.05) is 0 Å². The van der Waals surface area contributed by atoms with Gasteiger partial charge < -0.3 is 5.11 Å². The number of nitrogens with zero attached hydrogens (tertiary/aromatic N) is 1. The van der Waals surface area contributed by atoms with Gasteiger partial charge in [0.15, 0.2) is 0 Å². The summed E-state index contributed by atoms with van der Waals surface area (Å²) in [5, 5.41) is 15.0. The van der Waals surface area contributed by atoms with Gasteiger partial charge in [-0.1, -0.05) is 87.8 Å². The zero-order valence-corrected chi connectivity index (χ0v) is 20.4. The van der Waals surface area contributed by atoms with Gasteiger partial charge in [0.2, 0.25) is 0 Å². The Balaban J connectivity index is 1.77. The van der Waals surface area contributed by atoms with Crippen molar-refractivity contribution >= 4 is 5.69 Å². The monoisotopic (exact) mass is 433 g/mol. The Bertz CT molecular complexity index is 995. The Morgan fingerprint density at radius 2 is 1.22 bits per heavy atom. The summed E-state index contributed by atoms with van der Waals surface area (Å²) in [6, 6.07) is 8.53. The molecule has 1 N–H and O–H groups in total. The number of aryl methyl sites for hydroxylation is 2. The van der Waals surface area contributed by atoms with Crippen LogP contribution in [0.2, 0.25) is 0 Å². The van der Waals surface area contributed by atoms with Gasteiger partial charge in [-0.05, 0) is 72.2 Å². The lowest BCUT2D eigenvalue weighted by Gasteiger charge is -2.36. The maximum atomic E-state index is 12.1. The van der Waals surface area contributed by atoms with Gasteiger partial charge in [0.1, 0.15) is 11.4 Å². The summed E-state index contributed by atoms with van der Waals surface area (Å²) in [6.45, 7) is 8.82. The zero-order chi connectivity index (χ0) is 22.9. The zero-order valence-electron chi connectivity index (χ0n) is 20.4. The number of benzene rings is 2. The number of rotatable bonds is 5. The third kappa shape index (κ3) is 4.36. The van der Waals surface area contributed by atoms with Crippen LogP contribution < -0.4 is 0 Å². The summed E-state index contributed by atoms with van der Waals surface area (Å²) < 4.78 is 0. The minimum atomic E-state index is 0.0116. The molecule has 2 aliphatic carbocycles. The fraction of sp³-hybridized carbons (Fsp3) is 0.586. The standard InChI is InChI=1S/C29H39NO2/c1-20-15-22(26(30-32)24(17-20)28(3)11-7-5-8-12-28)19-23-16-21(2)18-25(27(23)31)29(4)13-9-6-10-14-29/h15-18,31H,5-14,19H2,1-4H3. The lowest BCUT2D eigenvalue weighted by molar-refractivity contribution is 0.307. The molecule has 2 saturated carbocycles. The Kier molecular flexibility index (Phi) is 6.47. The Hall–Kier alpha value is -2.16. The minimum Gasteiger partial charge on any atom is -0.507 e. The van der Waals surface area contributed by atoms with Crippen LogP contribution in [0.15, 0.2) is 29.4 Å². The molecule has 0 atom stereocenters. The van der Waals surface area contributed by atoms with E-state index in [1.54, 1.807) is 0 Å². The normalized spacial score (nSPS) is 20.1. The number of aromatic hydroxyl groups is 1. The van der Waals surface area contributed by atoms with Crippen molar-refractivity contribution < 1.29 is 5.11 Å². The van der Waals surface area contributed by atoms with Gasteiger partial charge in [-0.2, -0.15) is 0 Å². The maximum Gasteiger partial charge on any atom is 0.122 e. The van der Waals surface area contributed by atoms with Crippen LogP contribution in [0.1, 0.15) is 111 Å². The molecule has 3 nitrogen and oxygen atoms in total. The molecule has 2 aromatic carbocycles. The van der Waals surface area contributed by atoms with Gasteiger partial charge in [-0.25, -0.2) is 0 Å². The van der Waals surface area contributed by atoms with Crippen LogP contribution >= 0.6 is 0 Å².